The summed E-state index contributed by atoms with van der Waals surface area (Å²) in [6.45, 7) is 4.81. The van der Waals surface area contributed by atoms with E-state index >= 15 is 0 Å². The molecule has 1 atom stereocenters. The molecule has 1 aliphatic heterocycles. The fourth-order valence-corrected chi connectivity index (χ4v) is 1.68. The van der Waals surface area contributed by atoms with Crippen LogP contribution in [0.15, 0.2) is 12.4 Å². The van der Waals surface area contributed by atoms with Crippen LogP contribution in [0.2, 0.25) is 0 Å². The van der Waals surface area contributed by atoms with Gasteiger partial charge in [-0.3, -0.25) is 0 Å². The van der Waals surface area contributed by atoms with Crippen LogP contribution in [0.5, 0.6) is 0 Å². The molecule has 0 spiro atoms. The van der Waals surface area contributed by atoms with Gasteiger partial charge in [-0.05, 0) is 12.8 Å². The second kappa shape index (κ2) is 5.07. The SMILES string of the molecule is CCc1cc(NCC2CCOC2)ncn1. The Hall–Kier alpha value is -1.16. The van der Waals surface area contributed by atoms with Crippen molar-refractivity contribution in [3.05, 3.63) is 18.1 Å². The van der Waals surface area contributed by atoms with Gasteiger partial charge in [0.1, 0.15) is 12.1 Å². The monoisotopic (exact) mass is 207 g/mol. The predicted molar refractivity (Wildman–Crippen MR) is 58.8 cm³/mol. The minimum atomic E-state index is 0.630. The normalized spacial score (nSPS) is 20.5. The summed E-state index contributed by atoms with van der Waals surface area (Å²) in [5.74, 6) is 1.55. The average Bonchev–Trinajstić information content (AvgIpc) is 2.79. The van der Waals surface area contributed by atoms with Crippen molar-refractivity contribution >= 4 is 5.82 Å². The summed E-state index contributed by atoms with van der Waals surface area (Å²) >= 11 is 0. The molecule has 1 unspecified atom stereocenters. The molecule has 15 heavy (non-hydrogen) atoms. The number of hydrogen-bond donors (Lipinski definition) is 1. The van der Waals surface area contributed by atoms with E-state index in [2.05, 4.69) is 22.2 Å². The van der Waals surface area contributed by atoms with Crippen molar-refractivity contribution in [2.24, 2.45) is 5.92 Å². The van der Waals surface area contributed by atoms with Crippen molar-refractivity contribution in [1.29, 1.82) is 0 Å². The third kappa shape index (κ3) is 2.89. The van der Waals surface area contributed by atoms with Crippen LogP contribution in [0.3, 0.4) is 0 Å². The van der Waals surface area contributed by atoms with Gasteiger partial charge in [-0.1, -0.05) is 6.92 Å². The van der Waals surface area contributed by atoms with Gasteiger partial charge in [-0.15, -0.1) is 0 Å². The second-order valence-corrected chi connectivity index (χ2v) is 3.86. The van der Waals surface area contributed by atoms with Crippen molar-refractivity contribution in [3.8, 4) is 0 Å². The van der Waals surface area contributed by atoms with Gasteiger partial charge in [0.2, 0.25) is 0 Å². The lowest BCUT2D eigenvalue weighted by Crippen LogP contribution is -2.15. The summed E-state index contributed by atoms with van der Waals surface area (Å²) in [5, 5.41) is 3.33. The molecule has 1 aliphatic rings. The van der Waals surface area contributed by atoms with Gasteiger partial charge < -0.3 is 10.1 Å². The number of aromatic nitrogens is 2. The third-order valence-corrected chi connectivity index (χ3v) is 2.68. The Kier molecular flexibility index (Phi) is 3.50. The van der Waals surface area contributed by atoms with Crippen LogP contribution in [0.1, 0.15) is 19.0 Å². The highest BCUT2D eigenvalue weighted by Crippen LogP contribution is 2.13. The van der Waals surface area contributed by atoms with E-state index in [1.54, 1.807) is 6.33 Å². The van der Waals surface area contributed by atoms with Gasteiger partial charge in [0.15, 0.2) is 0 Å². The molecule has 4 nitrogen and oxygen atoms in total. The van der Waals surface area contributed by atoms with Gasteiger partial charge in [0, 0.05) is 30.8 Å². The topological polar surface area (TPSA) is 47.0 Å². The Balaban J connectivity index is 1.86. The van der Waals surface area contributed by atoms with E-state index in [1.807, 2.05) is 6.07 Å². The maximum Gasteiger partial charge on any atom is 0.129 e. The molecule has 1 fully saturated rings. The van der Waals surface area contributed by atoms with E-state index in [0.717, 1.165) is 44.1 Å². The van der Waals surface area contributed by atoms with Crippen molar-refractivity contribution in [2.75, 3.05) is 25.1 Å². The van der Waals surface area contributed by atoms with Crippen molar-refractivity contribution in [3.63, 3.8) is 0 Å². The van der Waals surface area contributed by atoms with E-state index in [1.165, 1.54) is 0 Å². The quantitative estimate of drug-likeness (QED) is 0.812. The van der Waals surface area contributed by atoms with Gasteiger partial charge in [0.05, 0.1) is 6.61 Å². The molecule has 1 aromatic rings. The Morgan fingerprint density at radius 2 is 2.47 bits per heavy atom. The summed E-state index contributed by atoms with van der Waals surface area (Å²) < 4.78 is 5.32. The molecule has 2 rings (SSSR count). The Labute approximate surface area is 90.1 Å². The lowest BCUT2D eigenvalue weighted by molar-refractivity contribution is 0.187. The largest absolute Gasteiger partial charge is 0.381 e. The minimum Gasteiger partial charge on any atom is -0.381 e. The van der Waals surface area contributed by atoms with Crippen LogP contribution in [-0.2, 0) is 11.2 Å². The summed E-state index contributed by atoms with van der Waals surface area (Å²) in [6.07, 6.45) is 3.72. The van der Waals surface area contributed by atoms with Crippen LogP contribution in [0.4, 0.5) is 5.82 Å². The summed E-state index contributed by atoms with van der Waals surface area (Å²) in [5.41, 5.74) is 1.08. The highest BCUT2D eigenvalue weighted by molar-refractivity contribution is 5.34. The molecule has 1 saturated heterocycles. The number of hydrogen-bond acceptors (Lipinski definition) is 4. The summed E-state index contributed by atoms with van der Waals surface area (Å²) in [7, 11) is 0. The number of nitrogens with zero attached hydrogens (tertiary/aromatic N) is 2. The van der Waals surface area contributed by atoms with Gasteiger partial charge in [0.25, 0.3) is 0 Å². The number of nitrogens with one attached hydrogen (secondary N) is 1. The molecule has 0 bridgehead atoms. The zero-order valence-electron chi connectivity index (χ0n) is 9.07. The molecular formula is C11H17N3O. The van der Waals surface area contributed by atoms with E-state index < -0.39 is 0 Å². The van der Waals surface area contributed by atoms with Crippen LogP contribution < -0.4 is 5.32 Å². The smallest absolute Gasteiger partial charge is 0.129 e. The highest BCUT2D eigenvalue weighted by atomic mass is 16.5. The first-order valence-electron chi connectivity index (χ1n) is 5.51. The maximum atomic E-state index is 5.32. The lowest BCUT2D eigenvalue weighted by atomic mass is 10.1. The van der Waals surface area contributed by atoms with E-state index in [9.17, 15) is 0 Å². The number of anilines is 1. The highest BCUT2D eigenvalue weighted by Gasteiger charge is 2.15. The van der Waals surface area contributed by atoms with Gasteiger partial charge in [-0.2, -0.15) is 0 Å². The zero-order valence-corrected chi connectivity index (χ0v) is 9.07. The van der Waals surface area contributed by atoms with Crippen molar-refractivity contribution in [1.82, 2.24) is 9.97 Å². The van der Waals surface area contributed by atoms with Crippen LogP contribution in [-0.4, -0.2) is 29.7 Å². The van der Waals surface area contributed by atoms with Crippen molar-refractivity contribution in [2.45, 2.75) is 19.8 Å². The molecule has 82 valence electrons. The summed E-state index contributed by atoms with van der Waals surface area (Å²) in [6, 6.07) is 2.01. The molecule has 0 aliphatic carbocycles. The molecule has 0 radical (unpaired) electrons. The maximum absolute atomic E-state index is 5.32. The standard InChI is InChI=1S/C11H17N3O/c1-2-10-5-11(14-8-13-10)12-6-9-3-4-15-7-9/h5,8-9H,2-4,6-7H2,1H3,(H,12,13,14). The molecule has 1 aromatic heterocycles. The second-order valence-electron chi connectivity index (χ2n) is 3.86. The molecular weight excluding hydrogens is 190 g/mol. The summed E-state index contributed by atoms with van der Waals surface area (Å²) in [4.78, 5) is 8.35. The minimum absolute atomic E-state index is 0.630. The molecule has 4 heteroatoms. The third-order valence-electron chi connectivity index (χ3n) is 2.68. The fraction of sp³-hybridized carbons (Fsp3) is 0.636. The Morgan fingerprint density at radius 3 is 3.20 bits per heavy atom. The van der Waals surface area contributed by atoms with Crippen LogP contribution >= 0.6 is 0 Å². The first kappa shape index (κ1) is 10.4. The molecule has 0 saturated carbocycles. The van der Waals surface area contributed by atoms with Gasteiger partial charge in [-0.25, -0.2) is 9.97 Å². The molecule has 0 aromatic carbocycles. The van der Waals surface area contributed by atoms with Crippen LogP contribution in [0, 0.1) is 5.92 Å². The fourth-order valence-electron chi connectivity index (χ4n) is 1.68. The first-order chi connectivity index (χ1) is 7.38. The van der Waals surface area contributed by atoms with E-state index in [0.29, 0.717) is 5.92 Å². The van der Waals surface area contributed by atoms with E-state index in [-0.39, 0.29) is 0 Å². The average molecular weight is 207 g/mol. The number of aryl methyl sites for hydroxylation is 1. The predicted octanol–water partition coefficient (Wildman–Crippen LogP) is 1.49. The number of rotatable bonds is 4. The number of ether oxygens (including phenoxy) is 1. The molecule has 1 N–H and O–H groups in total. The van der Waals surface area contributed by atoms with E-state index in [4.69, 9.17) is 4.74 Å². The first-order valence-corrected chi connectivity index (χ1v) is 5.51. The Morgan fingerprint density at radius 1 is 1.53 bits per heavy atom. The zero-order chi connectivity index (χ0) is 10.5. The molecule has 2 heterocycles. The lowest BCUT2D eigenvalue weighted by Gasteiger charge is -2.09. The van der Waals surface area contributed by atoms with Crippen LogP contribution in [0.25, 0.3) is 0 Å². The van der Waals surface area contributed by atoms with Crippen molar-refractivity contribution < 1.29 is 4.74 Å². The molecule has 0 amide bonds. The van der Waals surface area contributed by atoms with Gasteiger partial charge >= 0.3 is 0 Å². The Bertz CT molecular complexity index is 310.